The summed E-state index contributed by atoms with van der Waals surface area (Å²) in [5.41, 5.74) is 4.43. The van der Waals surface area contributed by atoms with E-state index in [-0.39, 0.29) is 18.2 Å². The van der Waals surface area contributed by atoms with Crippen LogP contribution in [0.4, 0.5) is 4.39 Å². The molecule has 2 heterocycles. The lowest BCUT2D eigenvalue weighted by Gasteiger charge is -2.15. The number of halogens is 2. The number of fused-ring (bicyclic) bond motifs is 1. The van der Waals surface area contributed by atoms with Crippen LogP contribution in [0.3, 0.4) is 0 Å². The summed E-state index contributed by atoms with van der Waals surface area (Å²) in [4.78, 5) is 6.61. The summed E-state index contributed by atoms with van der Waals surface area (Å²) in [5, 5.41) is 1.17. The first-order chi connectivity index (χ1) is 12.0. The molecule has 0 aliphatic heterocycles. The van der Waals surface area contributed by atoms with Gasteiger partial charge in [0.15, 0.2) is 0 Å². The topological polar surface area (TPSA) is 30.3 Å². The molecule has 0 fully saturated rings. The minimum Gasteiger partial charge on any atom is -0.471 e. The van der Waals surface area contributed by atoms with Gasteiger partial charge < -0.3 is 14.2 Å². The minimum absolute atomic E-state index is 0. The van der Waals surface area contributed by atoms with Crippen molar-refractivity contribution >= 4 is 23.3 Å². The molecule has 6 heteroatoms. The molecule has 0 amide bonds. The lowest BCUT2D eigenvalue weighted by Crippen LogP contribution is -2.19. The third kappa shape index (κ3) is 4.17. The SMILES string of the molecule is Cc1c(C)n(CCN(C)C)c2c(OCc3ccc(F)cc3)nccc12.Cl. The molecule has 0 bridgehead atoms. The van der Waals surface area contributed by atoms with Crippen molar-refractivity contribution in [3.8, 4) is 5.88 Å². The zero-order chi connectivity index (χ0) is 18.0. The number of aryl methyl sites for hydroxylation is 1. The van der Waals surface area contributed by atoms with Gasteiger partial charge in [-0.1, -0.05) is 12.1 Å². The maximum Gasteiger partial charge on any atom is 0.238 e. The Morgan fingerprint density at radius 2 is 1.81 bits per heavy atom. The number of pyridine rings is 1. The molecule has 0 saturated heterocycles. The lowest BCUT2D eigenvalue weighted by atomic mass is 10.2. The van der Waals surface area contributed by atoms with E-state index in [4.69, 9.17) is 4.74 Å². The van der Waals surface area contributed by atoms with Gasteiger partial charge >= 0.3 is 0 Å². The quantitative estimate of drug-likeness (QED) is 0.639. The first-order valence-electron chi connectivity index (χ1n) is 8.43. The Labute approximate surface area is 160 Å². The molecule has 0 aliphatic carbocycles. The molecule has 140 valence electrons. The number of rotatable bonds is 6. The Kier molecular flexibility index (Phi) is 6.62. The van der Waals surface area contributed by atoms with Gasteiger partial charge in [0.05, 0.1) is 0 Å². The molecule has 0 N–H and O–H groups in total. The van der Waals surface area contributed by atoms with Crippen LogP contribution in [-0.4, -0.2) is 35.1 Å². The van der Waals surface area contributed by atoms with Gasteiger partial charge in [0, 0.05) is 30.4 Å². The second-order valence-corrected chi connectivity index (χ2v) is 6.59. The monoisotopic (exact) mass is 377 g/mol. The van der Waals surface area contributed by atoms with Gasteiger partial charge in [0.1, 0.15) is 17.9 Å². The third-order valence-electron chi connectivity index (χ3n) is 4.57. The Hall–Kier alpha value is -2.11. The molecule has 1 aromatic carbocycles. The van der Waals surface area contributed by atoms with Gasteiger partial charge in [0.25, 0.3) is 0 Å². The standard InChI is InChI=1S/C20H24FN3O.ClH/c1-14-15(2)24(12-11-23(3)4)19-18(14)9-10-22-20(19)25-13-16-5-7-17(21)8-6-16;/h5-10H,11-13H2,1-4H3;1H. The predicted octanol–water partition coefficient (Wildman–Crippen LogP) is 4.35. The van der Waals surface area contributed by atoms with E-state index < -0.39 is 0 Å². The van der Waals surface area contributed by atoms with Crippen LogP contribution in [0.5, 0.6) is 5.88 Å². The highest BCUT2D eigenvalue weighted by Crippen LogP contribution is 2.31. The fourth-order valence-corrected chi connectivity index (χ4v) is 2.98. The van der Waals surface area contributed by atoms with Crippen molar-refractivity contribution in [2.75, 3.05) is 20.6 Å². The molecule has 2 aromatic heterocycles. The Morgan fingerprint density at radius 1 is 1.12 bits per heavy atom. The molecule has 4 nitrogen and oxygen atoms in total. The number of aromatic nitrogens is 2. The Morgan fingerprint density at radius 3 is 2.46 bits per heavy atom. The van der Waals surface area contributed by atoms with Crippen LogP contribution >= 0.6 is 12.4 Å². The number of likely N-dealkylation sites (N-methyl/N-ethyl adjacent to an activating group) is 1. The van der Waals surface area contributed by atoms with Crippen molar-refractivity contribution < 1.29 is 9.13 Å². The first-order valence-corrected chi connectivity index (χ1v) is 8.43. The van der Waals surface area contributed by atoms with Crippen LogP contribution in [0.1, 0.15) is 16.8 Å². The van der Waals surface area contributed by atoms with Crippen molar-refractivity contribution in [1.29, 1.82) is 0 Å². The maximum absolute atomic E-state index is 13.0. The summed E-state index contributed by atoms with van der Waals surface area (Å²) >= 11 is 0. The summed E-state index contributed by atoms with van der Waals surface area (Å²) in [6, 6.07) is 8.39. The van der Waals surface area contributed by atoms with Crippen LogP contribution in [0.2, 0.25) is 0 Å². The van der Waals surface area contributed by atoms with Gasteiger partial charge in [-0.2, -0.15) is 0 Å². The van der Waals surface area contributed by atoms with E-state index >= 15 is 0 Å². The highest BCUT2D eigenvalue weighted by atomic mass is 35.5. The van der Waals surface area contributed by atoms with E-state index in [1.807, 2.05) is 6.07 Å². The van der Waals surface area contributed by atoms with Crippen LogP contribution in [0.25, 0.3) is 10.9 Å². The average Bonchev–Trinajstić information content (AvgIpc) is 2.84. The molecule has 3 rings (SSSR count). The van der Waals surface area contributed by atoms with E-state index in [1.165, 1.54) is 28.8 Å². The van der Waals surface area contributed by atoms with Gasteiger partial charge in [-0.05, 0) is 57.3 Å². The second-order valence-electron chi connectivity index (χ2n) is 6.59. The summed E-state index contributed by atoms with van der Waals surface area (Å²) in [6.07, 6.45) is 1.78. The zero-order valence-corrected chi connectivity index (χ0v) is 16.4. The van der Waals surface area contributed by atoms with Crippen molar-refractivity contribution in [1.82, 2.24) is 14.5 Å². The van der Waals surface area contributed by atoms with Crippen molar-refractivity contribution in [3.63, 3.8) is 0 Å². The van der Waals surface area contributed by atoms with E-state index in [9.17, 15) is 4.39 Å². The van der Waals surface area contributed by atoms with E-state index in [2.05, 4.69) is 42.4 Å². The van der Waals surface area contributed by atoms with Gasteiger partial charge in [-0.15, -0.1) is 12.4 Å². The molecule has 0 spiro atoms. The smallest absolute Gasteiger partial charge is 0.238 e. The Balaban J connectivity index is 0.00000243. The predicted molar refractivity (Wildman–Crippen MR) is 106 cm³/mol. The number of nitrogens with zero attached hydrogens (tertiary/aromatic N) is 3. The normalized spacial score (nSPS) is 11.0. The van der Waals surface area contributed by atoms with Crippen LogP contribution in [0, 0.1) is 19.7 Å². The maximum atomic E-state index is 13.0. The van der Waals surface area contributed by atoms with Crippen LogP contribution in [-0.2, 0) is 13.2 Å². The fraction of sp³-hybridized carbons (Fsp3) is 0.350. The first kappa shape index (κ1) is 20.2. The molecule has 0 unspecified atom stereocenters. The molecular formula is C20H25ClFN3O. The highest BCUT2D eigenvalue weighted by Gasteiger charge is 2.16. The fourth-order valence-electron chi connectivity index (χ4n) is 2.98. The Bertz CT molecular complexity index is 875. The lowest BCUT2D eigenvalue weighted by molar-refractivity contribution is 0.295. The number of benzene rings is 1. The van der Waals surface area contributed by atoms with Crippen molar-refractivity contribution in [2.45, 2.75) is 27.0 Å². The summed E-state index contributed by atoms with van der Waals surface area (Å²) in [6.45, 7) is 6.45. The molecule has 0 radical (unpaired) electrons. The minimum atomic E-state index is -0.243. The van der Waals surface area contributed by atoms with E-state index in [0.29, 0.717) is 12.5 Å². The molecule has 0 saturated carbocycles. The highest BCUT2D eigenvalue weighted by molar-refractivity contribution is 5.88. The molecule has 26 heavy (non-hydrogen) atoms. The summed E-state index contributed by atoms with van der Waals surface area (Å²) in [7, 11) is 4.14. The van der Waals surface area contributed by atoms with Crippen LogP contribution < -0.4 is 4.74 Å². The van der Waals surface area contributed by atoms with E-state index in [0.717, 1.165) is 24.2 Å². The third-order valence-corrected chi connectivity index (χ3v) is 4.57. The summed E-state index contributed by atoms with van der Waals surface area (Å²) in [5.74, 6) is 0.379. The zero-order valence-electron chi connectivity index (χ0n) is 15.6. The number of hydrogen-bond acceptors (Lipinski definition) is 3. The van der Waals surface area contributed by atoms with Crippen molar-refractivity contribution in [2.24, 2.45) is 0 Å². The average molecular weight is 378 g/mol. The van der Waals surface area contributed by atoms with E-state index in [1.54, 1.807) is 18.3 Å². The largest absolute Gasteiger partial charge is 0.471 e. The number of hydrogen-bond donors (Lipinski definition) is 0. The molecule has 3 aromatic rings. The second kappa shape index (κ2) is 8.52. The van der Waals surface area contributed by atoms with Gasteiger partial charge in [-0.3, -0.25) is 0 Å². The van der Waals surface area contributed by atoms with Crippen molar-refractivity contribution in [3.05, 3.63) is 59.2 Å². The molecule has 0 aliphatic rings. The molecular weight excluding hydrogens is 353 g/mol. The number of ether oxygens (including phenoxy) is 1. The summed E-state index contributed by atoms with van der Waals surface area (Å²) < 4.78 is 21.3. The van der Waals surface area contributed by atoms with Gasteiger partial charge in [-0.25, -0.2) is 9.37 Å². The van der Waals surface area contributed by atoms with Gasteiger partial charge in [0.2, 0.25) is 5.88 Å². The van der Waals surface area contributed by atoms with Crippen LogP contribution in [0.15, 0.2) is 36.5 Å². The molecule has 0 atom stereocenters.